The Morgan fingerprint density at radius 2 is 1.88 bits per heavy atom. The van der Waals surface area contributed by atoms with E-state index in [-0.39, 0.29) is 0 Å². The number of anilines is 2. The first-order valence-corrected chi connectivity index (χ1v) is 9.09. The van der Waals surface area contributed by atoms with Crippen LogP contribution in [0.25, 0.3) is 11.1 Å². The molecule has 2 aliphatic heterocycles. The fraction of sp³-hybridized carbons (Fsp3) is 0.667. The molecule has 0 aromatic carbocycles. The Bertz CT molecular complexity index is 786. The van der Waals surface area contributed by atoms with Crippen LogP contribution in [0.4, 0.5) is 11.8 Å². The van der Waals surface area contributed by atoms with Gasteiger partial charge in [-0.2, -0.15) is 4.98 Å². The van der Waals surface area contributed by atoms with Crippen LogP contribution in [0.3, 0.4) is 0 Å². The lowest BCUT2D eigenvalue weighted by Gasteiger charge is -2.20. The number of furan rings is 1. The van der Waals surface area contributed by atoms with E-state index in [1.807, 2.05) is 0 Å². The minimum atomic E-state index is 0.369. The molecule has 6 nitrogen and oxygen atoms in total. The first-order chi connectivity index (χ1) is 11.6. The van der Waals surface area contributed by atoms with E-state index < -0.39 is 0 Å². The number of rotatable bonds is 1. The topological polar surface area (TPSA) is 71.4 Å². The van der Waals surface area contributed by atoms with Gasteiger partial charge in [-0.25, -0.2) is 4.98 Å². The van der Waals surface area contributed by atoms with E-state index >= 15 is 0 Å². The zero-order valence-electron chi connectivity index (χ0n) is 14.5. The molecule has 2 aromatic heterocycles. The molecule has 2 aromatic rings. The van der Waals surface area contributed by atoms with Crippen molar-refractivity contribution in [2.24, 2.45) is 17.8 Å². The van der Waals surface area contributed by atoms with E-state index in [0.717, 1.165) is 60.4 Å². The van der Waals surface area contributed by atoms with Gasteiger partial charge in [-0.15, -0.1) is 0 Å². The highest BCUT2D eigenvalue weighted by Crippen LogP contribution is 2.40. The average Bonchev–Trinajstić information content (AvgIpc) is 3.17. The molecular formula is C18H25N5O. The molecular weight excluding hydrogens is 302 g/mol. The van der Waals surface area contributed by atoms with Gasteiger partial charge in [0.25, 0.3) is 0 Å². The first kappa shape index (κ1) is 14.5. The highest BCUT2D eigenvalue weighted by molar-refractivity contribution is 5.89. The lowest BCUT2D eigenvalue weighted by atomic mass is 9.89. The van der Waals surface area contributed by atoms with Crippen molar-refractivity contribution in [1.29, 1.82) is 0 Å². The van der Waals surface area contributed by atoms with Crippen molar-refractivity contribution < 1.29 is 4.42 Å². The number of aromatic nitrogens is 2. The summed E-state index contributed by atoms with van der Waals surface area (Å²) in [5.41, 5.74) is 9.13. The molecule has 1 aliphatic carbocycles. The molecule has 2 unspecified atom stereocenters. The molecule has 4 heterocycles. The Labute approximate surface area is 142 Å². The van der Waals surface area contributed by atoms with Crippen LogP contribution in [0, 0.1) is 17.8 Å². The number of nitrogens with zero attached hydrogens (tertiary/aromatic N) is 4. The van der Waals surface area contributed by atoms with Crippen molar-refractivity contribution in [3.8, 4) is 0 Å². The fourth-order valence-electron chi connectivity index (χ4n) is 4.93. The summed E-state index contributed by atoms with van der Waals surface area (Å²) in [5, 5.41) is 0. The van der Waals surface area contributed by atoms with E-state index in [1.54, 1.807) is 0 Å². The maximum absolute atomic E-state index is 6.25. The van der Waals surface area contributed by atoms with Gasteiger partial charge < -0.3 is 20.0 Å². The molecule has 2 fully saturated rings. The van der Waals surface area contributed by atoms with Crippen molar-refractivity contribution >= 4 is 22.9 Å². The first-order valence-electron chi connectivity index (χ1n) is 9.09. The van der Waals surface area contributed by atoms with Crippen LogP contribution < -0.4 is 10.6 Å². The summed E-state index contributed by atoms with van der Waals surface area (Å²) >= 11 is 0. The average molecular weight is 327 g/mol. The molecule has 2 saturated heterocycles. The largest absolute Gasteiger partial charge is 0.455 e. The van der Waals surface area contributed by atoms with Crippen LogP contribution in [0.2, 0.25) is 0 Å². The Hall–Kier alpha value is -1.82. The van der Waals surface area contributed by atoms with Crippen LogP contribution in [0.1, 0.15) is 24.7 Å². The van der Waals surface area contributed by atoms with E-state index in [2.05, 4.69) is 33.7 Å². The SMILES string of the molecule is CC1CCc2oc3c(N4CC5CN(C)C[C@H]5C4)nc(N)nc3c2C1. The molecule has 2 N–H and O–H groups in total. The van der Waals surface area contributed by atoms with Crippen LogP contribution >= 0.6 is 0 Å². The smallest absolute Gasteiger partial charge is 0.222 e. The Balaban J connectivity index is 1.57. The molecule has 0 saturated carbocycles. The van der Waals surface area contributed by atoms with Gasteiger partial charge >= 0.3 is 0 Å². The third-order valence-electron chi connectivity index (χ3n) is 6.10. The summed E-state index contributed by atoms with van der Waals surface area (Å²) in [6, 6.07) is 0. The molecule has 128 valence electrons. The van der Waals surface area contributed by atoms with Crippen molar-refractivity contribution in [2.45, 2.75) is 26.2 Å². The predicted molar refractivity (Wildman–Crippen MR) is 94.1 cm³/mol. The number of fused-ring (bicyclic) bond motifs is 4. The Morgan fingerprint density at radius 3 is 2.62 bits per heavy atom. The van der Waals surface area contributed by atoms with E-state index in [4.69, 9.17) is 10.2 Å². The van der Waals surface area contributed by atoms with E-state index in [9.17, 15) is 0 Å². The molecule has 6 heteroatoms. The summed E-state index contributed by atoms with van der Waals surface area (Å²) in [4.78, 5) is 13.9. The van der Waals surface area contributed by atoms with Crippen molar-refractivity contribution in [2.75, 3.05) is 43.9 Å². The maximum atomic E-state index is 6.25. The van der Waals surface area contributed by atoms with E-state index in [0.29, 0.717) is 11.9 Å². The number of hydrogen-bond donors (Lipinski definition) is 1. The van der Waals surface area contributed by atoms with Gasteiger partial charge in [-0.3, -0.25) is 0 Å². The molecule has 3 atom stereocenters. The van der Waals surface area contributed by atoms with E-state index in [1.165, 1.54) is 25.1 Å². The lowest BCUT2D eigenvalue weighted by Crippen LogP contribution is -2.27. The number of likely N-dealkylation sites (tertiary alicyclic amines) is 1. The second-order valence-corrected chi connectivity index (χ2v) is 8.08. The summed E-state index contributed by atoms with van der Waals surface area (Å²) in [6.07, 6.45) is 3.22. The molecule has 3 aliphatic rings. The molecule has 0 bridgehead atoms. The van der Waals surface area contributed by atoms with Crippen LogP contribution in [0.5, 0.6) is 0 Å². The molecule has 0 amide bonds. The monoisotopic (exact) mass is 327 g/mol. The summed E-state index contributed by atoms with van der Waals surface area (Å²) in [7, 11) is 2.21. The van der Waals surface area contributed by atoms with Crippen molar-refractivity contribution in [1.82, 2.24) is 14.9 Å². The standard InChI is InChI=1S/C18H25N5O/c1-10-3-4-14-13(5-10)15-16(24-14)17(21-18(19)20-15)23-8-11-6-22(2)7-12(11)9-23/h10-12H,3-9H2,1-2H3,(H2,19,20,21)/t10?,11-,12?/m0/s1. The summed E-state index contributed by atoms with van der Waals surface area (Å²) < 4.78 is 6.25. The second-order valence-electron chi connectivity index (χ2n) is 8.08. The van der Waals surface area contributed by atoms with Crippen LogP contribution in [-0.4, -0.2) is 48.1 Å². The number of hydrogen-bond acceptors (Lipinski definition) is 6. The third kappa shape index (κ3) is 2.12. The predicted octanol–water partition coefficient (Wildman–Crippen LogP) is 1.93. The van der Waals surface area contributed by atoms with Crippen LogP contribution in [0.15, 0.2) is 4.42 Å². The highest BCUT2D eigenvalue weighted by Gasteiger charge is 2.40. The highest BCUT2D eigenvalue weighted by atomic mass is 16.3. The Morgan fingerprint density at radius 1 is 1.12 bits per heavy atom. The van der Waals surface area contributed by atoms with Crippen molar-refractivity contribution in [3.05, 3.63) is 11.3 Å². The summed E-state index contributed by atoms with van der Waals surface area (Å²) in [6.45, 7) is 6.74. The zero-order valence-corrected chi connectivity index (χ0v) is 14.5. The van der Waals surface area contributed by atoms with Gasteiger partial charge in [-0.1, -0.05) is 6.92 Å². The van der Waals surface area contributed by atoms with Crippen molar-refractivity contribution in [3.63, 3.8) is 0 Å². The molecule has 0 spiro atoms. The number of nitrogens with two attached hydrogens (primary N) is 1. The fourth-order valence-corrected chi connectivity index (χ4v) is 4.93. The zero-order chi connectivity index (χ0) is 16.4. The minimum Gasteiger partial charge on any atom is -0.455 e. The number of nitrogen functional groups attached to an aromatic ring is 1. The van der Waals surface area contributed by atoms with Crippen LogP contribution in [-0.2, 0) is 12.8 Å². The van der Waals surface area contributed by atoms with Gasteiger partial charge in [-0.05, 0) is 37.6 Å². The third-order valence-corrected chi connectivity index (χ3v) is 6.10. The van der Waals surface area contributed by atoms with Gasteiger partial charge in [0.05, 0.1) is 0 Å². The Kier molecular flexibility index (Phi) is 3.08. The van der Waals surface area contributed by atoms with Gasteiger partial charge in [0.15, 0.2) is 11.4 Å². The molecule has 0 radical (unpaired) electrons. The van der Waals surface area contributed by atoms with Gasteiger partial charge in [0.2, 0.25) is 5.95 Å². The number of aryl methyl sites for hydroxylation is 1. The normalized spacial score (nSPS) is 30.1. The molecule has 5 rings (SSSR count). The lowest BCUT2D eigenvalue weighted by molar-refractivity contribution is 0.386. The van der Waals surface area contributed by atoms with Gasteiger partial charge in [0, 0.05) is 38.2 Å². The second kappa shape index (κ2) is 5.09. The summed E-state index contributed by atoms with van der Waals surface area (Å²) in [5.74, 6) is 4.52. The van der Waals surface area contributed by atoms with Gasteiger partial charge in [0.1, 0.15) is 11.3 Å². The molecule has 24 heavy (non-hydrogen) atoms. The minimum absolute atomic E-state index is 0.369. The maximum Gasteiger partial charge on any atom is 0.222 e. The quantitative estimate of drug-likeness (QED) is 0.863.